The number of hydrogen-bond donors (Lipinski definition) is 1. The maximum Gasteiger partial charge on any atom is 0.288 e. The molecule has 0 fully saturated rings. The first-order chi connectivity index (χ1) is 8.11. The van der Waals surface area contributed by atoms with Crippen molar-refractivity contribution < 1.29 is 13.6 Å². The van der Waals surface area contributed by atoms with Crippen LogP contribution in [0.15, 0.2) is 29.2 Å². The Hall–Kier alpha value is -0.810. The zero-order chi connectivity index (χ0) is 12.7. The number of anilines is 1. The highest BCUT2D eigenvalue weighted by Gasteiger charge is 2.05. The summed E-state index contributed by atoms with van der Waals surface area (Å²) in [5.41, 5.74) is 0.600. The molecule has 0 bridgehead atoms. The number of carbonyl (C=O) groups excluding carboxylic acids is 1. The fraction of sp³-hybridized carbons (Fsp3) is 0.364. The Morgan fingerprint density at radius 1 is 1.35 bits per heavy atom. The summed E-state index contributed by atoms with van der Waals surface area (Å²) < 4.78 is 24.1. The van der Waals surface area contributed by atoms with Gasteiger partial charge in [-0.25, -0.2) is 0 Å². The molecule has 0 unspecified atom stereocenters. The lowest BCUT2D eigenvalue weighted by atomic mass is 10.3. The standard InChI is InChI=1S/C11H12ClF2NOS/c12-7-1-2-10(16)15-8-3-5-9(6-4-8)17-11(13)14/h3-6,11H,1-2,7H2,(H,15,16). The number of thioether (sulfide) groups is 1. The van der Waals surface area contributed by atoms with Crippen molar-refractivity contribution in [2.24, 2.45) is 0 Å². The van der Waals surface area contributed by atoms with Gasteiger partial charge in [0.2, 0.25) is 5.91 Å². The van der Waals surface area contributed by atoms with Crippen LogP contribution in [0.4, 0.5) is 14.5 Å². The van der Waals surface area contributed by atoms with Crippen LogP contribution < -0.4 is 5.32 Å². The minimum absolute atomic E-state index is 0.125. The SMILES string of the molecule is O=C(CCCCl)Nc1ccc(SC(F)F)cc1. The second-order valence-corrected chi connectivity index (χ2v) is 4.69. The predicted molar refractivity (Wildman–Crippen MR) is 66.9 cm³/mol. The maximum absolute atomic E-state index is 12.1. The number of amides is 1. The summed E-state index contributed by atoms with van der Waals surface area (Å²) >= 11 is 5.94. The van der Waals surface area contributed by atoms with Gasteiger partial charge < -0.3 is 5.32 Å². The van der Waals surface area contributed by atoms with Gasteiger partial charge in [0, 0.05) is 22.9 Å². The molecule has 1 aromatic rings. The van der Waals surface area contributed by atoms with E-state index in [4.69, 9.17) is 11.6 Å². The molecule has 0 atom stereocenters. The highest BCUT2D eigenvalue weighted by molar-refractivity contribution is 7.99. The Morgan fingerprint density at radius 3 is 2.53 bits per heavy atom. The van der Waals surface area contributed by atoms with Crippen LogP contribution in [-0.4, -0.2) is 17.5 Å². The zero-order valence-corrected chi connectivity index (χ0v) is 10.5. The van der Waals surface area contributed by atoms with E-state index in [1.807, 2.05) is 0 Å². The molecule has 17 heavy (non-hydrogen) atoms. The summed E-state index contributed by atoms with van der Waals surface area (Å²) in [6.07, 6.45) is 0.976. The average molecular weight is 280 g/mol. The monoisotopic (exact) mass is 279 g/mol. The van der Waals surface area contributed by atoms with E-state index in [2.05, 4.69) is 5.32 Å². The largest absolute Gasteiger partial charge is 0.326 e. The molecule has 0 aliphatic carbocycles. The van der Waals surface area contributed by atoms with Crippen molar-refractivity contribution in [3.8, 4) is 0 Å². The number of carbonyl (C=O) groups is 1. The fourth-order valence-corrected chi connectivity index (χ4v) is 1.80. The van der Waals surface area contributed by atoms with Crippen molar-refractivity contribution in [1.82, 2.24) is 0 Å². The van der Waals surface area contributed by atoms with Crippen molar-refractivity contribution in [2.45, 2.75) is 23.5 Å². The van der Waals surface area contributed by atoms with Crippen LogP contribution >= 0.6 is 23.4 Å². The number of rotatable bonds is 6. The first kappa shape index (κ1) is 14.3. The van der Waals surface area contributed by atoms with Gasteiger partial charge >= 0.3 is 0 Å². The number of benzene rings is 1. The summed E-state index contributed by atoms with van der Waals surface area (Å²) in [6.45, 7) is 0. The normalized spacial score (nSPS) is 10.6. The molecule has 94 valence electrons. The third kappa shape index (κ3) is 5.89. The van der Waals surface area contributed by atoms with Gasteiger partial charge in [-0.05, 0) is 30.7 Å². The smallest absolute Gasteiger partial charge is 0.288 e. The van der Waals surface area contributed by atoms with Crippen LogP contribution in [0.2, 0.25) is 0 Å². The minimum atomic E-state index is -2.43. The Labute approximate surface area is 108 Å². The van der Waals surface area contributed by atoms with Crippen molar-refractivity contribution in [2.75, 3.05) is 11.2 Å². The van der Waals surface area contributed by atoms with Gasteiger partial charge in [-0.3, -0.25) is 4.79 Å². The van der Waals surface area contributed by atoms with Crippen molar-refractivity contribution in [1.29, 1.82) is 0 Å². The van der Waals surface area contributed by atoms with E-state index in [1.165, 1.54) is 0 Å². The number of nitrogens with one attached hydrogen (secondary N) is 1. The number of alkyl halides is 3. The fourth-order valence-electron chi connectivity index (χ4n) is 1.17. The molecule has 2 nitrogen and oxygen atoms in total. The molecule has 0 aliphatic rings. The van der Waals surface area contributed by atoms with Crippen LogP contribution in [-0.2, 0) is 4.79 Å². The minimum Gasteiger partial charge on any atom is -0.326 e. The van der Waals surface area contributed by atoms with Crippen molar-refractivity contribution >= 4 is 35.0 Å². The second-order valence-electron chi connectivity index (χ2n) is 3.24. The van der Waals surface area contributed by atoms with Crippen LogP contribution in [0.1, 0.15) is 12.8 Å². The lowest BCUT2D eigenvalue weighted by Crippen LogP contribution is -2.11. The summed E-state index contributed by atoms with van der Waals surface area (Å²) in [6, 6.07) is 6.30. The van der Waals surface area contributed by atoms with E-state index >= 15 is 0 Å². The van der Waals surface area contributed by atoms with Gasteiger partial charge in [0.15, 0.2) is 0 Å². The maximum atomic E-state index is 12.1. The first-order valence-corrected chi connectivity index (χ1v) is 6.44. The average Bonchev–Trinajstić information content (AvgIpc) is 2.28. The summed E-state index contributed by atoms with van der Waals surface area (Å²) in [5, 5.41) is 2.66. The number of hydrogen-bond acceptors (Lipinski definition) is 2. The molecule has 6 heteroatoms. The molecule has 0 saturated heterocycles. The van der Waals surface area contributed by atoms with E-state index in [0.717, 1.165) is 0 Å². The molecular weight excluding hydrogens is 268 g/mol. The molecule has 0 spiro atoms. The quantitative estimate of drug-likeness (QED) is 0.631. The van der Waals surface area contributed by atoms with Gasteiger partial charge in [0.25, 0.3) is 5.76 Å². The van der Waals surface area contributed by atoms with E-state index in [-0.39, 0.29) is 5.91 Å². The molecule has 0 aliphatic heterocycles. The summed E-state index contributed by atoms with van der Waals surface area (Å²) in [5.74, 6) is -2.11. The zero-order valence-electron chi connectivity index (χ0n) is 8.96. The molecule has 1 N–H and O–H groups in total. The number of halogens is 3. The van der Waals surface area contributed by atoms with Crippen LogP contribution in [0, 0.1) is 0 Å². The van der Waals surface area contributed by atoms with Gasteiger partial charge in [0.1, 0.15) is 0 Å². The molecule has 1 amide bonds. The Morgan fingerprint density at radius 2 is 2.00 bits per heavy atom. The Kier molecular flexibility index (Phi) is 6.29. The highest BCUT2D eigenvalue weighted by Crippen LogP contribution is 2.26. The summed E-state index contributed by atoms with van der Waals surface area (Å²) in [7, 11) is 0. The highest BCUT2D eigenvalue weighted by atomic mass is 35.5. The second kappa shape index (κ2) is 7.50. The third-order valence-corrected chi connectivity index (χ3v) is 2.89. The molecule has 0 saturated carbocycles. The van der Waals surface area contributed by atoms with Crippen LogP contribution in [0.5, 0.6) is 0 Å². The van der Waals surface area contributed by atoms with Gasteiger partial charge in [-0.1, -0.05) is 11.8 Å². The molecule has 0 aromatic heterocycles. The van der Waals surface area contributed by atoms with E-state index in [0.29, 0.717) is 41.1 Å². The van der Waals surface area contributed by atoms with Crippen molar-refractivity contribution in [3.05, 3.63) is 24.3 Å². The predicted octanol–water partition coefficient (Wildman–Crippen LogP) is 3.96. The Bertz CT molecular complexity index is 359. The molecule has 0 radical (unpaired) electrons. The molecule has 0 heterocycles. The topological polar surface area (TPSA) is 29.1 Å². The van der Waals surface area contributed by atoms with Gasteiger partial charge in [-0.15, -0.1) is 11.6 Å². The van der Waals surface area contributed by atoms with Crippen molar-refractivity contribution in [3.63, 3.8) is 0 Å². The first-order valence-electron chi connectivity index (χ1n) is 5.02. The Balaban J connectivity index is 2.47. The lowest BCUT2D eigenvalue weighted by Gasteiger charge is -2.05. The summed E-state index contributed by atoms with van der Waals surface area (Å²) in [4.78, 5) is 11.8. The van der Waals surface area contributed by atoms with E-state index in [1.54, 1.807) is 24.3 Å². The van der Waals surface area contributed by atoms with Crippen LogP contribution in [0.3, 0.4) is 0 Å². The lowest BCUT2D eigenvalue weighted by molar-refractivity contribution is -0.116. The molecule has 1 rings (SSSR count). The van der Waals surface area contributed by atoms with E-state index in [9.17, 15) is 13.6 Å². The van der Waals surface area contributed by atoms with Crippen LogP contribution in [0.25, 0.3) is 0 Å². The molecular formula is C11H12ClF2NOS. The molecule has 1 aromatic carbocycles. The third-order valence-electron chi connectivity index (χ3n) is 1.90. The van der Waals surface area contributed by atoms with Gasteiger partial charge in [0.05, 0.1) is 0 Å². The van der Waals surface area contributed by atoms with Gasteiger partial charge in [-0.2, -0.15) is 8.78 Å². The van der Waals surface area contributed by atoms with E-state index < -0.39 is 5.76 Å².